The molecule has 9 heteroatoms. The summed E-state index contributed by atoms with van der Waals surface area (Å²) in [6.45, 7) is -0.0824. The highest BCUT2D eigenvalue weighted by Gasteiger charge is 2.77. The summed E-state index contributed by atoms with van der Waals surface area (Å²) < 4.78 is 6.44. The van der Waals surface area contributed by atoms with Crippen LogP contribution < -0.4 is 10.6 Å². The zero-order valence-corrected chi connectivity index (χ0v) is 20.9. The number of halogens is 1. The van der Waals surface area contributed by atoms with Gasteiger partial charge in [0.15, 0.2) is 0 Å². The molecule has 3 amide bonds. The average molecular weight is 542 g/mol. The smallest absolute Gasteiger partial charge is 0.246 e. The molecule has 2 aromatic rings. The normalized spacial score (nSPS) is 31.8. The first-order valence-electron chi connectivity index (χ1n) is 11.8. The Morgan fingerprint density at radius 2 is 1.80 bits per heavy atom. The van der Waals surface area contributed by atoms with Crippen molar-refractivity contribution >= 4 is 33.7 Å². The van der Waals surface area contributed by atoms with Crippen LogP contribution in [0.15, 0.2) is 60.7 Å². The molecule has 3 N–H and O–H groups in total. The number of nitrogens with one attached hydrogen (secondary N) is 2. The third-order valence-electron chi connectivity index (χ3n) is 7.53. The van der Waals surface area contributed by atoms with Crippen molar-refractivity contribution in [1.29, 1.82) is 0 Å². The van der Waals surface area contributed by atoms with Crippen LogP contribution in [-0.2, 0) is 25.7 Å². The number of ether oxygens (including phenoxy) is 1. The first-order valence-corrected chi connectivity index (χ1v) is 12.7. The summed E-state index contributed by atoms with van der Waals surface area (Å²) in [6, 6.07) is 16.9. The van der Waals surface area contributed by atoms with Crippen LogP contribution in [0.4, 0.5) is 0 Å². The number of alkyl halides is 1. The zero-order chi connectivity index (χ0) is 24.7. The van der Waals surface area contributed by atoms with Gasteiger partial charge in [-0.05, 0) is 17.5 Å². The topological polar surface area (TPSA) is 108 Å². The number of aliphatic hydroxyl groups is 1. The number of nitrogens with zero attached hydrogens (tertiary/aromatic N) is 1. The summed E-state index contributed by atoms with van der Waals surface area (Å²) in [5.74, 6) is -2.54. The van der Waals surface area contributed by atoms with E-state index in [1.807, 2.05) is 60.7 Å². The van der Waals surface area contributed by atoms with Gasteiger partial charge >= 0.3 is 0 Å². The Morgan fingerprint density at radius 1 is 1.14 bits per heavy atom. The lowest BCUT2D eigenvalue weighted by molar-refractivity contribution is -0.145. The summed E-state index contributed by atoms with van der Waals surface area (Å²) >= 11 is 3.64. The maximum absolute atomic E-state index is 14.0. The minimum absolute atomic E-state index is 0.178. The fourth-order valence-corrected chi connectivity index (χ4v) is 7.02. The number of hydrogen-bond donors (Lipinski definition) is 3. The molecule has 3 heterocycles. The Labute approximate surface area is 212 Å². The summed E-state index contributed by atoms with van der Waals surface area (Å²) in [7, 11) is 1.53. The molecule has 3 aliphatic rings. The van der Waals surface area contributed by atoms with Gasteiger partial charge in [-0.3, -0.25) is 14.4 Å². The summed E-state index contributed by atoms with van der Waals surface area (Å²) in [5.41, 5.74) is 0.462. The molecular formula is C26H28BrN3O5. The second-order valence-corrected chi connectivity index (χ2v) is 10.5. The quantitative estimate of drug-likeness (QED) is 0.461. The summed E-state index contributed by atoms with van der Waals surface area (Å²) in [5, 5.41) is 16.1. The van der Waals surface area contributed by atoms with Gasteiger partial charge < -0.3 is 25.4 Å². The number of benzene rings is 2. The molecule has 5 rings (SSSR count). The van der Waals surface area contributed by atoms with Crippen LogP contribution in [0.2, 0.25) is 0 Å². The van der Waals surface area contributed by atoms with E-state index in [4.69, 9.17) is 4.74 Å². The van der Waals surface area contributed by atoms with Crippen LogP contribution in [0.3, 0.4) is 0 Å². The number of rotatable bonds is 7. The predicted molar refractivity (Wildman–Crippen MR) is 131 cm³/mol. The lowest BCUT2D eigenvalue weighted by Gasteiger charge is -2.37. The lowest BCUT2D eigenvalue weighted by Crippen LogP contribution is -2.56. The van der Waals surface area contributed by atoms with E-state index in [9.17, 15) is 19.5 Å². The standard InChI is InChI=1S/C26H28BrN3O5/c1-28-23(32)19-20-25(34)30(18(14-31)16-10-6-3-7-11-16)22(26(20)12-17(27)21(19)35-26)24(33)29-13-15-8-4-2-5-9-15/h2-11,17-22,31H,12-14H2,1H3,(H,28,32)(H,29,33)/t17?,18-,19+,20+,21+,22?,26?/m1/s1. The fraction of sp³-hybridized carbons (Fsp3) is 0.423. The molecule has 0 aliphatic carbocycles. The molecule has 0 saturated carbocycles. The van der Waals surface area contributed by atoms with Crippen LogP contribution >= 0.6 is 15.9 Å². The molecule has 3 saturated heterocycles. The van der Waals surface area contributed by atoms with Crippen molar-refractivity contribution in [3.63, 3.8) is 0 Å². The van der Waals surface area contributed by atoms with Crippen molar-refractivity contribution in [2.45, 2.75) is 41.6 Å². The van der Waals surface area contributed by atoms with E-state index < -0.39 is 35.6 Å². The van der Waals surface area contributed by atoms with Crippen LogP contribution in [-0.4, -0.2) is 64.0 Å². The van der Waals surface area contributed by atoms with Crippen LogP contribution in [0.1, 0.15) is 23.6 Å². The van der Waals surface area contributed by atoms with Gasteiger partial charge in [-0.15, -0.1) is 0 Å². The van der Waals surface area contributed by atoms with E-state index in [-0.39, 0.29) is 35.7 Å². The number of carbonyl (C=O) groups is 3. The van der Waals surface area contributed by atoms with Gasteiger partial charge in [0.25, 0.3) is 0 Å². The van der Waals surface area contributed by atoms with Gasteiger partial charge in [0.2, 0.25) is 17.7 Å². The molecule has 8 nitrogen and oxygen atoms in total. The first-order chi connectivity index (χ1) is 16.9. The highest BCUT2D eigenvalue weighted by molar-refractivity contribution is 9.09. The number of hydrogen-bond acceptors (Lipinski definition) is 5. The van der Waals surface area contributed by atoms with Gasteiger partial charge in [0.1, 0.15) is 11.6 Å². The molecule has 7 atom stereocenters. The largest absolute Gasteiger partial charge is 0.394 e. The lowest BCUT2D eigenvalue weighted by atomic mass is 9.70. The van der Waals surface area contributed by atoms with Crippen LogP contribution in [0.5, 0.6) is 0 Å². The van der Waals surface area contributed by atoms with Crippen molar-refractivity contribution < 1.29 is 24.2 Å². The maximum Gasteiger partial charge on any atom is 0.246 e. The molecule has 3 aliphatic heterocycles. The molecule has 35 heavy (non-hydrogen) atoms. The molecule has 184 valence electrons. The van der Waals surface area contributed by atoms with Gasteiger partial charge in [-0.1, -0.05) is 76.6 Å². The van der Waals surface area contributed by atoms with Crippen molar-refractivity contribution in [2.75, 3.05) is 13.7 Å². The molecular weight excluding hydrogens is 514 g/mol. The van der Waals surface area contributed by atoms with Crippen molar-refractivity contribution in [3.8, 4) is 0 Å². The minimum Gasteiger partial charge on any atom is -0.394 e. The predicted octanol–water partition coefficient (Wildman–Crippen LogP) is 1.53. The van der Waals surface area contributed by atoms with Gasteiger partial charge in [0, 0.05) is 18.4 Å². The third-order valence-corrected chi connectivity index (χ3v) is 8.37. The molecule has 3 fully saturated rings. The number of fused-ring (bicyclic) bond motifs is 1. The number of carbonyl (C=O) groups excluding carboxylic acids is 3. The number of amides is 3. The Morgan fingerprint density at radius 3 is 2.43 bits per heavy atom. The molecule has 0 radical (unpaired) electrons. The summed E-state index contributed by atoms with van der Waals surface area (Å²) in [4.78, 5) is 42.0. The Hall–Kier alpha value is -2.75. The second-order valence-electron chi connectivity index (χ2n) is 9.34. The molecule has 2 aromatic carbocycles. The second kappa shape index (κ2) is 9.37. The first kappa shape index (κ1) is 24.0. The molecule has 1 spiro atoms. The maximum atomic E-state index is 14.0. The third kappa shape index (κ3) is 3.77. The highest BCUT2D eigenvalue weighted by Crippen LogP contribution is 2.61. The molecule has 3 unspecified atom stereocenters. The van der Waals surface area contributed by atoms with E-state index in [0.717, 1.165) is 5.56 Å². The Bertz CT molecular complexity index is 1120. The average Bonchev–Trinajstić information content (AvgIpc) is 3.48. The van der Waals surface area contributed by atoms with E-state index in [1.165, 1.54) is 11.9 Å². The number of aliphatic hydroxyl groups excluding tert-OH is 1. The summed E-state index contributed by atoms with van der Waals surface area (Å²) in [6.07, 6.45) is -0.103. The van der Waals surface area contributed by atoms with E-state index >= 15 is 0 Å². The monoisotopic (exact) mass is 541 g/mol. The van der Waals surface area contributed by atoms with E-state index in [1.54, 1.807) is 0 Å². The van der Waals surface area contributed by atoms with Crippen molar-refractivity contribution in [1.82, 2.24) is 15.5 Å². The van der Waals surface area contributed by atoms with E-state index in [2.05, 4.69) is 26.6 Å². The van der Waals surface area contributed by atoms with Crippen LogP contribution in [0, 0.1) is 11.8 Å². The van der Waals surface area contributed by atoms with Crippen molar-refractivity contribution in [2.24, 2.45) is 11.8 Å². The highest BCUT2D eigenvalue weighted by atomic mass is 79.9. The van der Waals surface area contributed by atoms with Crippen LogP contribution in [0.25, 0.3) is 0 Å². The van der Waals surface area contributed by atoms with E-state index in [0.29, 0.717) is 12.0 Å². The minimum atomic E-state index is -1.17. The van der Waals surface area contributed by atoms with Gasteiger partial charge in [0.05, 0.1) is 30.6 Å². The number of likely N-dealkylation sites (tertiary alicyclic amines) is 1. The molecule has 0 aromatic heterocycles. The molecule has 2 bridgehead atoms. The van der Waals surface area contributed by atoms with Crippen molar-refractivity contribution in [3.05, 3.63) is 71.8 Å². The zero-order valence-electron chi connectivity index (χ0n) is 19.3. The SMILES string of the molecule is CNC(=O)[C@H]1[C@H]2C(=O)N([C@H](CO)c3ccccc3)C(C(=O)NCc3ccccc3)C23CC(Br)[C@@H]1O3. The van der Waals surface area contributed by atoms with Gasteiger partial charge in [-0.2, -0.15) is 0 Å². The van der Waals surface area contributed by atoms with Gasteiger partial charge in [-0.25, -0.2) is 0 Å². The Balaban J connectivity index is 1.56. The fourth-order valence-electron chi connectivity index (χ4n) is 6.08. The Kier molecular flexibility index (Phi) is 6.41.